The Balaban J connectivity index is 1.58. The number of aryl methyl sites for hydroxylation is 2. The van der Waals surface area contributed by atoms with Gasteiger partial charge in [0, 0.05) is 55.2 Å². The van der Waals surface area contributed by atoms with E-state index >= 15 is 0 Å². The molecule has 3 unspecified atom stereocenters. The van der Waals surface area contributed by atoms with E-state index in [4.69, 9.17) is 4.98 Å². The number of fused-ring (bicyclic) bond motifs is 1. The zero-order valence-electron chi connectivity index (χ0n) is 15.9. The molecule has 0 spiro atoms. The summed E-state index contributed by atoms with van der Waals surface area (Å²) in [4.78, 5) is 28.1. The Morgan fingerprint density at radius 1 is 1.22 bits per heavy atom. The topological polar surface area (TPSA) is 95.1 Å². The first kappa shape index (κ1) is 17.8. The molecular weight excluding hydrogens is 342 g/mol. The zero-order valence-corrected chi connectivity index (χ0v) is 15.9. The van der Waals surface area contributed by atoms with E-state index in [-0.39, 0.29) is 23.9 Å². The van der Waals surface area contributed by atoms with Crippen LogP contribution in [0.3, 0.4) is 0 Å². The second-order valence-electron chi connectivity index (χ2n) is 7.21. The molecule has 2 saturated heterocycles. The normalized spacial score (nSPS) is 24.6. The summed E-state index contributed by atoms with van der Waals surface area (Å²) in [7, 11) is 1.67. The average Bonchev–Trinajstić information content (AvgIpc) is 3.10. The van der Waals surface area contributed by atoms with E-state index in [0.29, 0.717) is 5.95 Å². The number of likely N-dealkylation sites (N-methyl/N-ethyl adjacent to an activating group) is 1. The second kappa shape index (κ2) is 7.21. The van der Waals surface area contributed by atoms with Crippen molar-refractivity contribution in [3.05, 3.63) is 35.8 Å². The quantitative estimate of drug-likeness (QED) is 0.730. The average molecular weight is 367 g/mol. The fourth-order valence-corrected chi connectivity index (χ4v) is 4.01. The van der Waals surface area contributed by atoms with Crippen LogP contribution >= 0.6 is 0 Å². The van der Waals surface area contributed by atoms with Crippen LogP contribution in [0.4, 0.5) is 5.95 Å². The number of hydrogen-bond donors (Lipinski definition) is 3. The molecule has 0 bridgehead atoms. The van der Waals surface area contributed by atoms with Gasteiger partial charge in [-0.1, -0.05) is 0 Å². The van der Waals surface area contributed by atoms with Gasteiger partial charge in [-0.15, -0.1) is 0 Å². The fraction of sp³-hybridized carbons (Fsp3) is 0.474. The Kier molecular flexibility index (Phi) is 4.75. The van der Waals surface area contributed by atoms with Gasteiger partial charge in [-0.05, 0) is 38.5 Å². The summed E-state index contributed by atoms with van der Waals surface area (Å²) in [5.74, 6) is 0.884. The lowest BCUT2D eigenvalue weighted by Crippen LogP contribution is -2.50. The molecule has 8 heteroatoms. The van der Waals surface area contributed by atoms with Gasteiger partial charge >= 0.3 is 0 Å². The van der Waals surface area contributed by atoms with Crippen LogP contribution in [0.5, 0.6) is 0 Å². The summed E-state index contributed by atoms with van der Waals surface area (Å²) < 4.78 is 0. The third kappa shape index (κ3) is 3.38. The van der Waals surface area contributed by atoms with Gasteiger partial charge in [0.05, 0.1) is 5.69 Å². The molecule has 0 radical (unpaired) electrons. The number of nitrogens with zero attached hydrogens (tertiary/aromatic N) is 4. The number of hydrazine groups is 1. The summed E-state index contributed by atoms with van der Waals surface area (Å²) in [6.07, 6.45) is 2.73. The maximum Gasteiger partial charge on any atom is 0.238 e. The third-order valence-electron chi connectivity index (χ3n) is 5.47. The van der Waals surface area contributed by atoms with Gasteiger partial charge in [0.2, 0.25) is 11.9 Å². The molecule has 142 valence electrons. The highest BCUT2D eigenvalue weighted by atomic mass is 16.2. The summed E-state index contributed by atoms with van der Waals surface area (Å²) >= 11 is 0. The maximum atomic E-state index is 12.1. The molecule has 0 aliphatic carbocycles. The van der Waals surface area contributed by atoms with E-state index in [1.807, 2.05) is 26.0 Å². The highest BCUT2D eigenvalue weighted by Gasteiger charge is 2.43. The van der Waals surface area contributed by atoms with Crippen molar-refractivity contribution in [1.29, 1.82) is 0 Å². The molecule has 0 saturated carbocycles. The van der Waals surface area contributed by atoms with Crippen LogP contribution in [0.2, 0.25) is 0 Å². The Morgan fingerprint density at radius 2 is 2.07 bits per heavy atom. The summed E-state index contributed by atoms with van der Waals surface area (Å²) in [6, 6.07) is 6.02. The van der Waals surface area contributed by atoms with Crippen molar-refractivity contribution in [2.45, 2.75) is 32.4 Å². The number of carbonyl (C=O) groups excluding carboxylic acids is 1. The van der Waals surface area contributed by atoms with Gasteiger partial charge in [0.25, 0.3) is 0 Å². The lowest BCUT2D eigenvalue weighted by molar-refractivity contribution is -0.123. The predicted octanol–water partition coefficient (Wildman–Crippen LogP) is 0.573. The minimum absolute atomic E-state index is 0.00729. The number of rotatable bonds is 3. The molecular formula is C19H25N7O. The van der Waals surface area contributed by atoms with E-state index in [1.54, 1.807) is 13.2 Å². The summed E-state index contributed by atoms with van der Waals surface area (Å²) in [5.41, 5.74) is 10.2. The lowest BCUT2D eigenvalue weighted by atomic mass is 9.88. The molecule has 2 aromatic heterocycles. The fourth-order valence-electron chi connectivity index (χ4n) is 4.01. The molecule has 2 aliphatic heterocycles. The number of carbonyl (C=O) groups is 1. The van der Waals surface area contributed by atoms with Gasteiger partial charge < -0.3 is 10.2 Å². The molecule has 1 amide bonds. The number of piperidine rings is 1. The standard InChI is InChI=1S/C19H25N7O/c1-11-4-5-13(12(2)22-11)15-6-8-21-19(23-15)26-9-7-16-14(10-26)17(25-24-16)18(27)20-3/h4-6,8,14,16-17,24-25H,7,9-10H2,1-3H3,(H,20,27). The first-order chi connectivity index (χ1) is 13.1. The highest BCUT2D eigenvalue weighted by Crippen LogP contribution is 2.28. The SMILES string of the molecule is CNC(=O)C1NNC2CCN(c3nccc(-c4ccc(C)nc4C)n3)CC21. The van der Waals surface area contributed by atoms with Gasteiger partial charge in [-0.2, -0.15) is 0 Å². The smallest absolute Gasteiger partial charge is 0.238 e. The van der Waals surface area contributed by atoms with Gasteiger partial charge in [0.1, 0.15) is 6.04 Å². The van der Waals surface area contributed by atoms with E-state index in [1.165, 1.54) is 0 Å². The van der Waals surface area contributed by atoms with Crippen LogP contribution in [0.1, 0.15) is 17.8 Å². The molecule has 2 aromatic rings. The van der Waals surface area contributed by atoms with Crippen molar-refractivity contribution < 1.29 is 4.79 Å². The number of amides is 1. The lowest BCUT2D eigenvalue weighted by Gasteiger charge is -2.35. The molecule has 3 atom stereocenters. The van der Waals surface area contributed by atoms with Crippen molar-refractivity contribution in [1.82, 2.24) is 31.1 Å². The molecule has 3 N–H and O–H groups in total. The molecule has 0 aromatic carbocycles. The first-order valence-electron chi connectivity index (χ1n) is 9.32. The van der Waals surface area contributed by atoms with E-state index < -0.39 is 0 Å². The van der Waals surface area contributed by atoms with Crippen molar-refractivity contribution >= 4 is 11.9 Å². The summed E-state index contributed by atoms with van der Waals surface area (Å²) in [6.45, 7) is 5.57. The van der Waals surface area contributed by atoms with Gasteiger partial charge in [-0.3, -0.25) is 15.2 Å². The number of hydrogen-bond acceptors (Lipinski definition) is 7. The van der Waals surface area contributed by atoms with Crippen LogP contribution in [0.15, 0.2) is 24.4 Å². The largest absolute Gasteiger partial charge is 0.358 e. The molecule has 8 nitrogen and oxygen atoms in total. The van der Waals surface area contributed by atoms with Crippen molar-refractivity contribution in [2.75, 3.05) is 25.0 Å². The third-order valence-corrected chi connectivity index (χ3v) is 5.47. The Labute approximate surface area is 158 Å². The Bertz CT molecular complexity index is 856. The van der Waals surface area contributed by atoms with E-state index in [2.05, 4.69) is 37.1 Å². The maximum absolute atomic E-state index is 12.1. The first-order valence-corrected chi connectivity index (χ1v) is 9.32. The van der Waals surface area contributed by atoms with Crippen LogP contribution in [0.25, 0.3) is 11.3 Å². The second-order valence-corrected chi connectivity index (χ2v) is 7.21. The van der Waals surface area contributed by atoms with Gasteiger partial charge in [0.15, 0.2) is 0 Å². The number of aromatic nitrogens is 3. The minimum Gasteiger partial charge on any atom is -0.358 e. The number of nitrogens with one attached hydrogen (secondary N) is 3. The van der Waals surface area contributed by atoms with Crippen molar-refractivity contribution in [3.8, 4) is 11.3 Å². The Hall–Kier alpha value is -2.58. The highest BCUT2D eigenvalue weighted by molar-refractivity contribution is 5.82. The molecule has 2 fully saturated rings. The molecule has 27 heavy (non-hydrogen) atoms. The minimum atomic E-state index is -0.241. The van der Waals surface area contributed by atoms with Gasteiger partial charge in [-0.25, -0.2) is 15.4 Å². The van der Waals surface area contributed by atoms with E-state index in [0.717, 1.165) is 42.2 Å². The van der Waals surface area contributed by atoms with Crippen molar-refractivity contribution in [3.63, 3.8) is 0 Å². The van der Waals surface area contributed by atoms with Crippen LogP contribution in [0, 0.1) is 19.8 Å². The number of anilines is 1. The molecule has 4 rings (SSSR count). The molecule has 4 heterocycles. The van der Waals surface area contributed by atoms with E-state index in [9.17, 15) is 4.79 Å². The van der Waals surface area contributed by atoms with Crippen LogP contribution in [-0.4, -0.2) is 53.1 Å². The van der Waals surface area contributed by atoms with Crippen LogP contribution in [-0.2, 0) is 4.79 Å². The Morgan fingerprint density at radius 3 is 2.85 bits per heavy atom. The predicted molar refractivity (Wildman–Crippen MR) is 103 cm³/mol. The monoisotopic (exact) mass is 367 g/mol. The zero-order chi connectivity index (χ0) is 19.0. The molecule has 2 aliphatic rings. The summed E-state index contributed by atoms with van der Waals surface area (Å²) in [5, 5.41) is 2.74. The van der Waals surface area contributed by atoms with Crippen molar-refractivity contribution in [2.24, 2.45) is 5.92 Å². The number of pyridine rings is 1. The van der Waals surface area contributed by atoms with Crippen LogP contribution < -0.4 is 21.1 Å².